The number of amides is 1. The van der Waals surface area contributed by atoms with E-state index in [9.17, 15) is 14.0 Å². The van der Waals surface area contributed by atoms with Gasteiger partial charge in [0, 0.05) is 12.6 Å². The Morgan fingerprint density at radius 3 is 2.84 bits per heavy atom. The molecule has 1 aliphatic carbocycles. The predicted octanol–water partition coefficient (Wildman–Crippen LogP) is 2.25. The van der Waals surface area contributed by atoms with Crippen molar-refractivity contribution in [3.63, 3.8) is 0 Å². The van der Waals surface area contributed by atoms with E-state index in [4.69, 9.17) is 16.3 Å². The minimum Gasteiger partial charge on any atom is -0.466 e. The zero-order valence-electron chi connectivity index (χ0n) is 11.0. The van der Waals surface area contributed by atoms with Crippen LogP contribution in [0.2, 0.25) is 0 Å². The molecule has 108 valence electrons. The van der Waals surface area contributed by atoms with Crippen LogP contribution in [0.3, 0.4) is 0 Å². The summed E-state index contributed by atoms with van der Waals surface area (Å²) < 4.78 is 18.2. The number of carbonyl (C=O) groups excluding carboxylic acids is 2. The zero-order valence-corrected chi connectivity index (χ0v) is 11.8. The minimum atomic E-state index is -2.03. The average molecular weight is 292 g/mol. The van der Waals surface area contributed by atoms with Crippen LogP contribution < -0.4 is 0 Å². The number of alkyl halides is 2. The molecule has 1 amide bonds. The highest BCUT2D eigenvalue weighted by Gasteiger charge is 2.56. The minimum absolute atomic E-state index is 0.250. The number of nitrogens with zero attached hydrogens (tertiary/aromatic N) is 1. The van der Waals surface area contributed by atoms with Crippen molar-refractivity contribution in [2.24, 2.45) is 5.41 Å². The molecule has 2 aliphatic rings. The fraction of sp³-hybridized carbons (Fsp3) is 0.846. The van der Waals surface area contributed by atoms with Gasteiger partial charge in [-0.1, -0.05) is 24.4 Å². The molecule has 3 atom stereocenters. The summed E-state index contributed by atoms with van der Waals surface area (Å²) >= 11 is 5.25. The molecule has 4 nitrogen and oxygen atoms in total. The quantitative estimate of drug-likeness (QED) is 0.592. The second-order valence-electron chi connectivity index (χ2n) is 5.22. The van der Waals surface area contributed by atoms with E-state index in [0.717, 1.165) is 12.8 Å². The van der Waals surface area contributed by atoms with Crippen molar-refractivity contribution in [2.75, 3.05) is 13.2 Å². The average Bonchev–Trinajstić information content (AvgIpc) is 2.78. The number of carbonyl (C=O) groups is 2. The van der Waals surface area contributed by atoms with Gasteiger partial charge in [-0.3, -0.25) is 9.59 Å². The normalized spacial score (nSPS) is 31.7. The predicted molar refractivity (Wildman–Crippen MR) is 68.4 cm³/mol. The molecule has 0 N–H and O–H groups in total. The van der Waals surface area contributed by atoms with Gasteiger partial charge in [-0.2, -0.15) is 0 Å². The van der Waals surface area contributed by atoms with Crippen molar-refractivity contribution < 1.29 is 18.7 Å². The van der Waals surface area contributed by atoms with Gasteiger partial charge in [-0.05, 0) is 26.2 Å². The smallest absolute Gasteiger partial charge is 0.314 e. The van der Waals surface area contributed by atoms with E-state index >= 15 is 0 Å². The summed E-state index contributed by atoms with van der Waals surface area (Å²) in [7, 11) is 0. The fourth-order valence-electron chi connectivity index (χ4n) is 3.45. The molecule has 1 heterocycles. The molecule has 1 saturated heterocycles. The molecule has 0 bridgehead atoms. The molecular weight excluding hydrogens is 273 g/mol. The Labute approximate surface area is 117 Å². The number of likely N-dealkylation sites (tertiary alicyclic amines) is 1. The Kier molecular flexibility index (Phi) is 4.33. The van der Waals surface area contributed by atoms with Crippen molar-refractivity contribution in [3.8, 4) is 0 Å². The number of hydrogen-bond acceptors (Lipinski definition) is 3. The number of halogens is 2. The Morgan fingerprint density at radius 1 is 1.47 bits per heavy atom. The van der Waals surface area contributed by atoms with E-state index in [0.29, 0.717) is 32.4 Å². The first kappa shape index (κ1) is 14.6. The van der Waals surface area contributed by atoms with Gasteiger partial charge in [0.05, 0.1) is 12.0 Å². The summed E-state index contributed by atoms with van der Waals surface area (Å²) in [4.78, 5) is 25.5. The van der Waals surface area contributed by atoms with Gasteiger partial charge in [0.25, 0.3) is 11.5 Å². The Hall–Kier alpha value is -0.840. The van der Waals surface area contributed by atoms with Crippen LogP contribution in [0.25, 0.3) is 0 Å². The van der Waals surface area contributed by atoms with Crippen LogP contribution in [0.5, 0.6) is 0 Å². The first-order valence-electron chi connectivity index (χ1n) is 6.79. The summed E-state index contributed by atoms with van der Waals surface area (Å²) in [5, 5.41) is 0. The van der Waals surface area contributed by atoms with Crippen LogP contribution in [-0.2, 0) is 14.3 Å². The monoisotopic (exact) mass is 291 g/mol. The number of rotatable bonds is 3. The topological polar surface area (TPSA) is 46.6 Å². The van der Waals surface area contributed by atoms with Gasteiger partial charge < -0.3 is 9.64 Å². The van der Waals surface area contributed by atoms with Crippen LogP contribution >= 0.6 is 11.6 Å². The molecular formula is C13H19ClFNO3. The second-order valence-corrected chi connectivity index (χ2v) is 5.60. The molecule has 1 aliphatic heterocycles. The summed E-state index contributed by atoms with van der Waals surface area (Å²) in [5.41, 5.74) is -2.67. The highest BCUT2D eigenvalue weighted by molar-refractivity contribution is 6.29. The van der Waals surface area contributed by atoms with Crippen molar-refractivity contribution in [1.29, 1.82) is 0 Å². The van der Waals surface area contributed by atoms with E-state index in [1.165, 1.54) is 4.90 Å². The third-order valence-corrected chi connectivity index (χ3v) is 4.50. The molecule has 1 saturated carbocycles. The van der Waals surface area contributed by atoms with E-state index in [-0.39, 0.29) is 12.0 Å². The maximum atomic E-state index is 13.0. The summed E-state index contributed by atoms with van der Waals surface area (Å²) in [6, 6.07) is -0.259. The molecule has 2 fully saturated rings. The highest BCUT2D eigenvalue weighted by atomic mass is 35.5. The lowest BCUT2D eigenvalue weighted by Crippen LogP contribution is -2.50. The Balaban J connectivity index is 2.23. The molecule has 1 unspecified atom stereocenters. The zero-order chi connectivity index (χ0) is 14.0. The first-order valence-corrected chi connectivity index (χ1v) is 7.22. The van der Waals surface area contributed by atoms with E-state index in [2.05, 4.69) is 0 Å². The van der Waals surface area contributed by atoms with Crippen molar-refractivity contribution in [3.05, 3.63) is 0 Å². The third kappa shape index (κ3) is 2.45. The van der Waals surface area contributed by atoms with Gasteiger partial charge in [0.15, 0.2) is 0 Å². The standard InChI is InChI=1S/C13H19ClFNO3/c1-2-19-12(18)13-6-4-3-5-9(13)16(8-7-13)11(17)10(14)15/h9-10H,2-8H2,1H3/t9-,10?,13+/m0/s1. The molecule has 19 heavy (non-hydrogen) atoms. The van der Waals surface area contributed by atoms with E-state index < -0.39 is 17.0 Å². The van der Waals surface area contributed by atoms with Gasteiger partial charge in [0.1, 0.15) is 0 Å². The second kappa shape index (κ2) is 5.65. The third-order valence-electron chi connectivity index (χ3n) is 4.32. The van der Waals surface area contributed by atoms with Crippen molar-refractivity contribution in [1.82, 2.24) is 4.90 Å². The summed E-state index contributed by atoms with van der Waals surface area (Å²) in [6.07, 6.45) is 3.85. The van der Waals surface area contributed by atoms with Gasteiger partial charge in [-0.15, -0.1) is 0 Å². The number of hydrogen-bond donors (Lipinski definition) is 0. The van der Waals surface area contributed by atoms with Crippen LogP contribution in [0.4, 0.5) is 4.39 Å². The number of esters is 1. The van der Waals surface area contributed by atoms with E-state index in [1.807, 2.05) is 0 Å². The maximum absolute atomic E-state index is 13.0. The van der Waals surface area contributed by atoms with Gasteiger partial charge >= 0.3 is 5.97 Å². The lowest BCUT2D eigenvalue weighted by molar-refractivity contribution is -0.160. The lowest BCUT2D eigenvalue weighted by Gasteiger charge is -2.39. The largest absolute Gasteiger partial charge is 0.466 e. The van der Waals surface area contributed by atoms with Crippen molar-refractivity contribution >= 4 is 23.5 Å². The first-order chi connectivity index (χ1) is 9.03. The molecule has 0 aromatic carbocycles. The van der Waals surface area contributed by atoms with E-state index in [1.54, 1.807) is 6.92 Å². The highest BCUT2D eigenvalue weighted by Crippen LogP contribution is 2.48. The van der Waals surface area contributed by atoms with Crippen LogP contribution in [0.15, 0.2) is 0 Å². The fourth-order valence-corrected chi connectivity index (χ4v) is 3.57. The molecule has 0 aromatic rings. The van der Waals surface area contributed by atoms with Crippen LogP contribution in [-0.4, -0.2) is 41.6 Å². The summed E-state index contributed by atoms with van der Waals surface area (Å²) in [6.45, 7) is 2.47. The van der Waals surface area contributed by atoms with Crippen LogP contribution in [0.1, 0.15) is 39.0 Å². The molecule has 0 spiro atoms. The Bertz CT molecular complexity index is 377. The van der Waals surface area contributed by atoms with Gasteiger partial charge in [-0.25, -0.2) is 4.39 Å². The molecule has 0 radical (unpaired) electrons. The lowest BCUT2D eigenvalue weighted by atomic mass is 9.70. The number of fused-ring (bicyclic) bond motifs is 1. The van der Waals surface area contributed by atoms with Crippen molar-refractivity contribution in [2.45, 2.75) is 50.7 Å². The van der Waals surface area contributed by atoms with Crippen LogP contribution in [0, 0.1) is 5.41 Å². The number of ether oxygens (including phenoxy) is 1. The molecule has 6 heteroatoms. The molecule has 0 aromatic heterocycles. The Morgan fingerprint density at radius 2 is 2.21 bits per heavy atom. The summed E-state index contributed by atoms with van der Waals surface area (Å²) in [5.74, 6) is -0.972. The molecule has 2 rings (SSSR count). The maximum Gasteiger partial charge on any atom is 0.314 e. The SMILES string of the molecule is CCOC(=O)[C@@]12CCCC[C@@H]1N(C(=O)C(F)Cl)CC2. The van der Waals surface area contributed by atoms with Gasteiger partial charge in [0.2, 0.25) is 0 Å².